The molecule has 0 unspecified atom stereocenters. The van der Waals surface area contributed by atoms with E-state index in [-0.39, 0.29) is 12.6 Å². The lowest BCUT2D eigenvalue weighted by molar-refractivity contribution is -0.00617. The second-order valence-electron chi connectivity index (χ2n) is 5.32. The van der Waals surface area contributed by atoms with Crippen molar-refractivity contribution in [1.82, 2.24) is 13.6 Å². The van der Waals surface area contributed by atoms with Crippen LogP contribution in [0.4, 0.5) is 5.82 Å². The van der Waals surface area contributed by atoms with Gasteiger partial charge in [-0.2, -0.15) is 17.0 Å². The van der Waals surface area contributed by atoms with E-state index in [2.05, 4.69) is 4.98 Å². The molecule has 2 heterocycles. The summed E-state index contributed by atoms with van der Waals surface area (Å²) >= 11 is 0. The Kier molecular flexibility index (Phi) is 4.82. The van der Waals surface area contributed by atoms with Crippen molar-refractivity contribution < 1.29 is 13.2 Å². The quantitative estimate of drug-likeness (QED) is 0.801. The van der Waals surface area contributed by atoms with Crippen molar-refractivity contribution in [2.24, 2.45) is 0 Å². The molecule has 118 valence electrons. The summed E-state index contributed by atoms with van der Waals surface area (Å²) in [5, 5.41) is 0. The topological polar surface area (TPSA) is 66.0 Å². The summed E-state index contributed by atoms with van der Waals surface area (Å²) in [6.45, 7) is 1.01. The number of pyridine rings is 1. The van der Waals surface area contributed by atoms with Crippen LogP contribution in [0.3, 0.4) is 0 Å². The first kappa shape index (κ1) is 16.2. The number of nitrogens with zero attached hydrogens (tertiary/aromatic N) is 4. The van der Waals surface area contributed by atoms with Crippen LogP contribution in [-0.4, -0.2) is 69.9 Å². The number of ether oxygens (including phenoxy) is 1. The van der Waals surface area contributed by atoms with Crippen molar-refractivity contribution in [3.63, 3.8) is 0 Å². The van der Waals surface area contributed by atoms with E-state index in [0.29, 0.717) is 13.2 Å². The maximum Gasteiger partial charge on any atom is 0.281 e. The van der Waals surface area contributed by atoms with Crippen LogP contribution < -0.4 is 4.90 Å². The molecule has 0 aromatic carbocycles. The lowest BCUT2D eigenvalue weighted by atomic mass is 10.2. The van der Waals surface area contributed by atoms with E-state index >= 15 is 0 Å². The summed E-state index contributed by atoms with van der Waals surface area (Å²) in [7, 11) is 3.47. The number of anilines is 1. The lowest BCUT2D eigenvalue weighted by Crippen LogP contribution is -2.47. The first-order valence-electron chi connectivity index (χ1n) is 6.76. The van der Waals surface area contributed by atoms with Crippen LogP contribution in [0.1, 0.15) is 11.8 Å². The summed E-state index contributed by atoms with van der Waals surface area (Å²) in [6.07, 6.45) is -0.339. The third-order valence-electron chi connectivity index (χ3n) is 3.36. The van der Waals surface area contributed by atoms with Crippen LogP contribution in [0, 0.1) is 0 Å². The predicted molar refractivity (Wildman–Crippen MR) is 81.4 cm³/mol. The Balaban J connectivity index is 2.20. The zero-order valence-electron chi connectivity index (χ0n) is 12.9. The molecule has 7 nitrogen and oxygen atoms in total. The Bertz CT molecular complexity index is 589. The largest absolute Gasteiger partial charge is 0.369 e. The molecule has 1 aromatic heterocycles. The second kappa shape index (κ2) is 6.27. The molecule has 0 amide bonds. The minimum absolute atomic E-state index is 0.282. The van der Waals surface area contributed by atoms with Gasteiger partial charge in [0.05, 0.1) is 12.3 Å². The average molecular weight is 314 g/mol. The minimum Gasteiger partial charge on any atom is -0.369 e. The standard InChI is InChI=1S/C13H22N4O3S/c1-15(2)13-7-5-6-11(14-13)12-10-17(8-9-20-12)21(18,19)16(3)4/h5-7,12H,8-10H2,1-4H3/t12-/m0/s1. The molecule has 2 rings (SSSR count). The third kappa shape index (κ3) is 3.52. The fourth-order valence-corrected chi connectivity index (χ4v) is 3.20. The molecule has 8 heteroatoms. The van der Waals surface area contributed by atoms with Gasteiger partial charge in [0.1, 0.15) is 11.9 Å². The van der Waals surface area contributed by atoms with Gasteiger partial charge < -0.3 is 9.64 Å². The van der Waals surface area contributed by atoms with E-state index < -0.39 is 10.2 Å². The highest BCUT2D eigenvalue weighted by Crippen LogP contribution is 2.24. The van der Waals surface area contributed by atoms with Crippen molar-refractivity contribution in [2.75, 3.05) is 52.8 Å². The van der Waals surface area contributed by atoms with Gasteiger partial charge in [-0.25, -0.2) is 4.98 Å². The van der Waals surface area contributed by atoms with Crippen molar-refractivity contribution in [2.45, 2.75) is 6.10 Å². The third-order valence-corrected chi connectivity index (χ3v) is 5.27. The molecule has 1 aromatic rings. The lowest BCUT2D eigenvalue weighted by Gasteiger charge is -2.33. The molecule has 0 spiro atoms. The van der Waals surface area contributed by atoms with Crippen LogP contribution in [-0.2, 0) is 14.9 Å². The van der Waals surface area contributed by atoms with E-state index in [4.69, 9.17) is 4.74 Å². The first-order chi connectivity index (χ1) is 9.82. The Hall–Kier alpha value is -1.22. The molecule has 1 aliphatic heterocycles. The zero-order valence-corrected chi connectivity index (χ0v) is 13.7. The van der Waals surface area contributed by atoms with Gasteiger partial charge in [-0.3, -0.25) is 0 Å². The zero-order chi connectivity index (χ0) is 15.6. The molecule has 0 aliphatic carbocycles. The molecule has 21 heavy (non-hydrogen) atoms. The fourth-order valence-electron chi connectivity index (χ4n) is 2.11. The van der Waals surface area contributed by atoms with Crippen LogP contribution in [0.15, 0.2) is 18.2 Å². The summed E-state index contributed by atoms with van der Waals surface area (Å²) in [5.74, 6) is 0.823. The van der Waals surface area contributed by atoms with Crippen LogP contribution in [0.2, 0.25) is 0 Å². The van der Waals surface area contributed by atoms with E-state index in [1.54, 1.807) is 0 Å². The Morgan fingerprint density at radius 2 is 2.00 bits per heavy atom. The SMILES string of the molecule is CN(C)c1cccc([C@@H]2CN(S(=O)(=O)N(C)C)CCO2)n1. The van der Waals surface area contributed by atoms with Gasteiger partial charge in [-0.15, -0.1) is 0 Å². The summed E-state index contributed by atoms with van der Waals surface area (Å²) in [4.78, 5) is 6.43. The number of aromatic nitrogens is 1. The Morgan fingerprint density at radius 1 is 1.29 bits per heavy atom. The van der Waals surface area contributed by atoms with Crippen LogP contribution >= 0.6 is 0 Å². The smallest absolute Gasteiger partial charge is 0.281 e. The molecular weight excluding hydrogens is 292 g/mol. The normalized spacial score (nSPS) is 20.7. The highest BCUT2D eigenvalue weighted by Gasteiger charge is 2.32. The Morgan fingerprint density at radius 3 is 2.62 bits per heavy atom. The summed E-state index contributed by atoms with van der Waals surface area (Å²) < 4.78 is 32.8. The Labute approximate surface area is 126 Å². The predicted octanol–water partition coefficient (Wildman–Crippen LogP) is 0.327. The molecule has 0 radical (unpaired) electrons. The monoisotopic (exact) mass is 314 g/mol. The molecular formula is C13H22N4O3S. The van der Waals surface area contributed by atoms with Crippen molar-refractivity contribution in [3.05, 3.63) is 23.9 Å². The van der Waals surface area contributed by atoms with E-state index in [1.807, 2.05) is 37.2 Å². The number of hydrogen-bond donors (Lipinski definition) is 0. The van der Waals surface area contributed by atoms with Crippen molar-refractivity contribution in [3.8, 4) is 0 Å². The second-order valence-corrected chi connectivity index (χ2v) is 7.47. The minimum atomic E-state index is -3.42. The molecule has 0 saturated carbocycles. The summed E-state index contributed by atoms with van der Waals surface area (Å²) in [6, 6.07) is 5.67. The molecule has 0 N–H and O–H groups in total. The molecule has 1 aliphatic rings. The van der Waals surface area contributed by atoms with E-state index in [0.717, 1.165) is 11.5 Å². The molecule has 0 bridgehead atoms. The maximum absolute atomic E-state index is 12.2. The van der Waals surface area contributed by atoms with Gasteiger partial charge in [0.25, 0.3) is 10.2 Å². The summed E-state index contributed by atoms with van der Waals surface area (Å²) in [5.41, 5.74) is 0.750. The molecule has 1 fully saturated rings. The van der Waals surface area contributed by atoms with Crippen LogP contribution in [0.25, 0.3) is 0 Å². The highest BCUT2D eigenvalue weighted by atomic mass is 32.2. The van der Waals surface area contributed by atoms with E-state index in [1.165, 1.54) is 22.7 Å². The molecule has 1 saturated heterocycles. The van der Waals surface area contributed by atoms with Gasteiger partial charge in [0.15, 0.2) is 0 Å². The van der Waals surface area contributed by atoms with Crippen molar-refractivity contribution in [1.29, 1.82) is 0 Å². The highest BCUT2D eigenvalue weighted by molar-refractivity contribution is 7.86. The van der Waals surface area contributed by atoms with Crippen LogP contribution in [0.5, 0.6) is 0 Å². The average Bonchev–Trinajstić information content (AvgIpc) is 2.47. The fraction of sp³-hybridized carbons (Fsp3) is 0.615. The maximum atomic E-state index is 12.2. The van der Waals surface area contributed by atoms with Gasteiger partial charge in [-0.05, 0) is 12.1 Å². The van der Waals surface area contributed by atoms with Gasteiger partial charge in [0.2, 0.25) is 0 Å². The molecule has 1 atom stereocenters. The van der Waals surface area contributed by atoms with E-state index in [9.17, 15) is 8.42 Å². The van der Waals surface area contributed by atoms with Gasteiger partial charge >= 0.3 is 0 Å². The number of rotatable bonds is 4. The number of morpholine rings is 1. The van der Waals surface area contributed by atoms with Crippen molar-refractivity contribution >= 4 is 16.0 Å². The van der Waals surface area contributed by atoms with Gasteiger partial charge in [-0.1, -0.05) is 6.07 Å². The first-order valence-corrected chi connectivity index (χ1v) is 8.15. The number of hydrogen-bond acceptors (Lipinski definition) is 5. The van der Waals surface area contributed by atoms with Gasteiger partial charge in [0, 0.05) is 41.3 Å².